The fraction of sp³-hybridized carbons (Fsp3) is 0.294. The highest BCUT2D eigenvalue weighted by Crippen LogP contribution is 2.33. The van der Waals surface area contributed by atoms with Crippen LogP contribution >= 0.6 is 0 Å². The zero-order valence-electron chi connectivity index (χ0n) is 12.5. The first kappa shape index (κ1) is 14.4. The summed E-state index contributed by atoms with van der Waals surface area (Å²) in [4.78, 5) is 12.8. The fourth-order valence-corrected chi connectivity index (χ4v) is 2.93. The fourth-order valence-electron chi connectivity index (χ4n) is 2.93. The van der Waals surface area contributed by atoms with Gasteiger partial charge in [-0.15, -0.1) is 0 Å². The molecule has 1 aliphatic heterocycles. The summed E-state index contributed by atoms with van der Waals surface area (Å²) in [6.07, 6.45) is 2.13. The topological polar surface area (TPSA) is 55.6 Å². The quantitative estimate of drug-likeness (QED) is 0.642. The van der Waals surface area contributed by atoms with Crippen molar-refractivity contribution in [2.45, 2.75) is 19.4 Å². The number of nitro benzene ring substituents is 1. The third-order valence-corrected chi connectivity index (χ3v) is 4.08. The van der Waals surface area contributed by atoms with Gasteiger partial charge in [-0.1, -0.05) is 24.3 Å². The zero-order valence-corrected chi connectivity index (χ0v) is 12.5. The molecule has 0 N–H and O–H groups in total. The molecular formula is C17H18N2O3. The van der Waals surface area contributed by atoms with Crippen molar-refractivity contribution < 1.29 is 9.66 Å². The van der Waals surface area contributed by atoms with Crippen LogP contribution in [0.15, 0.2) is 42.5 Å². The van der Waals surface area contributed by atoms with Crippen LogP contribution in [0.4, 0.5) is 11.4 Å². The van der Waals surface area contributed by atoms with Crippen molar-refractivity contribution in [3.63, 3.8) is 0 Å². The molecule has 1 aliphatic rings. The maximum absolute atomic E-state index is 11.0. The van der Waals surface area contributed by atoms with Crippen molar-refractivity contribution in [2.24, 2.45) is 0 Å². The molecule has 0 aromatic heterocycles. The van der Waals surface area contributed by atoms with Gasteiger partial charge in [0.2, 0.25) is 0 Å². The number of methoxy groups -OCH3 is 1. The number of aryl methyl sites for hydroxylation is 1. The first-order valence-electron chi connectivity index (χ1n) is 7.33. The summed E-state index contributed by atoms with van der Waals surface area (Å²) in [5.74, 6) is 0.306. The monoisotopic (exact) mass is 298 g/mol. The lowest BCUT2D eigenvalue weighted by atomic mass is 10.0. The summed E-state index contributed by atoms with van der Waals surface area (Å²) in [5.41, 5.74) is 3.66. The highest BCUT2D eigenvalue weighted by atomic mass is 16.6. The number of anilines is 1. The molecule has 22 heavy (non-hydrogen) atoms. The summed E-state index contributed by atoms with van der Waals surface area (Å²) in [6.45, 7) is 1.74. The largest absolute Gasteiger partial charge is 0.490 e. The molecule has 0 fully saturated rings. The molecule has 0 saturated heterocycles. The van der Waals surface area contributed by atoms with Crippen LogP contribution in [0.2, 0.25) is 0 Å². The number of nitrogens with zero attached hydrogens (tertiary/aromatic N) is 2. The molecule has 2 aromatic carbocycles. The van der Waals surface area contributed by atoms with Crippen molar-refractivity contribution in [3.8, 4) is 5.75 Å². The Labute approximate surface area is 129 Å². The van der Waals surface area contributed by atoms with Gasteiger partial charge in [0.25, 0.3) is 0 Å². The van der Waals surface area contributed by atoms with Gasteiger partial charge in [0.15, 0.2) is 5.75 Å². The number of nitro groups is 1. The van der Waals surface area contributed by atoms with Crippen molar-refractivity contribution in [1.82, 2.24) is 0 Å². The lowest BCUT2D eigenvalue weighted by Gasteiger charge is -2.23. The predicted octanol–water partition coefficient (Wildman–Crippen LogP) is 3.56. The van der Waals surface area contributed by atoms with Crippen LogP contribution in [0.3, 0.4) is 0 Å². The van der Waals surface area contributed by atoms with Gasteiger partial charge in [0, 0.05) is 30.9 Å². The Balaban J connectivity index is 1.92. The Bertz CT molecular complexity index is 700. The van der Waals surface area contributed by atoms with Crippen LogP contribution < -0.4 is 9.64 Å². The molecule has 0 spiro atoms. The number of benzene rings is 2. The van der Waals surface area contributed by atoms with E-state index >= 15 is 0 Å². The van der Waals surface area contributed by atoms with E-state index in [4.69, 9.17) is 4.74 Å². The summed E-state index contributed by atoms with van der Waals surface area (Å²) in [5, 5.41) is 11.0. The summed E-state index contributed by atoms with van der Waals surface area (Å²) < 4.78 is 5.17. The average molecular weight is 298 g/mol. The first-order chi connectivity index (χ1) is 10.7. The predicted molar refractivity (Wildman–Crippen MR) is 85.5 cm³/mol. The molecule has 0 unspecified atom stereocenters. The summed E-state index contributed by atoms with van der Waals surface area (Å²) in [6, 6.07) is 13.5. The molecule has 2 aromatic rings. The molecule has 0 amide bonds. The first-order valence-corrected chi connectivity index (χ1v) is 7.33. The van der Waals surface area contributed by atoms with Crippen molar-refractivity contribution in [1.29, 1.82) is 0 Å². The highest BCUT2D eigenvalue weighted by Gasteiger charge is 2.19. The zero-order chi connectivity index (χ0) is 15.5. The van der Waals surface area contributed by atoms with Gasteiger partial charge in [-0.05, 0) is 30.0 Å². The lowest BCUT2D eigenvalue weighted by Crippen LogP contribution is -2.22. The molecule has 1 heterocycles. The van der Waals surface area contributed by atoms with Crippen LogP contribution in [-0.4, -0.2) is 18.6 Å². The van der Waals surface area contributed by atoms with Crippen LogP contribution in [0.5, 0.6) is 5.75 Å². The Hall–Kier alpha value is -2.56. The third-order valence-electron chi connectivity index (χ3n) is 4.08. The number of rotatable bonds is 3. The molecule has 0 saturated carbocycles. The van der Waals surface area contributed by atoms with Gasteiger partial charge in [-0.3, -0.25) is 10.1 Å². The smallest absolute Gasteiger partial charge is 0.311 e. The standard InChI is InChI=1S/C17H18N2O3/c1-22-17-11-15(8-9-16(17)19(20)21)18-10-4-7-13-5-2-3-6-14(13)12-18/h2-3,5-6,8-9,11H,4,7,10,12H2,1H3. The highest BCUT2D eigenvalue weighted by molar-refractivity contribution is 5.59. The van der Waals surface area contributed by atoms with Gasteiger partial charge in [-0.25, -0.2) is 0 Å². The molecule has 3 rings (SSSR count). The number of fused-ring (bicyclic) bond motifs is 1. The van der Waals surface area contributed by atoms with Crippen molar-refractivity contribution >= 4 is 11.4 Å². The van der Waals surface area contributed by atoms with E-state index in [2.05, 4.69) is 29.2 Å². The van der Waals surface area contributed by atoms with E-state index < -0.39 is 4.92 Å². The second-order valence-electron chi connectivity index (χ2n) is 5.41. The van der Waals surface area contributed by atoms with Crippen LogP contribution in [-0.2, 0) is 13.0 Å². The third kappa shape index (κ3) is 2.74. The number of hydrogen-bond donors (Lipinski definition) is 0. The molecule has 5 heteroatoms. The molecule has 5 nitrogen and oxygen atoms in total. The van der Waals surface area contributed by atoms with Crippen molar-refractivity contribution in [3.05, 3.63) is 63.7 Å². The summed E-state index contributed by atoms with van der Waals surface area (Å²) in [7, 11) is 1.46. The van der Waals surface area contributed by atoms with E-state index in [-0.39, 0.29) is 5.69 Å². The molecular weight excluding hydrogens is 280 g/mol. The van der Waals surface area contributed by atoms with Gasteiger partial charge in [0.05, 0.1) is 12.0 Å². The molecule has 0 bridgehead atoms. The van der Waals surface area contributed by atoms with Crippen LogP contribution in [0.1, 0.15) is 17.5 Å². The SMILES string of the molecule is COc1cc(N2CCCc3ccccc3C2)ccc1[N+](=O)[O-]. The van der Waals surface area contributed by atoms with E-state index in [1.54, 1.807) is 12.1 Å². The minimum Gasteiger partial charge on any atom is -0.490 e. The number of hydrogen-bond acceptors (Lipinski definition) is 4. The molecule has 114 valence electrons. The second kappa shape index (κ2) is 6.05. The van der Waals surface area contributed by atoms with Gasteiger partial charge in [-0.2, -0.15) is 0 Å². The normalized spacial score (nSPS) is 14.1. The lowest BCUT2D eigenvalue weighted by molar-refractivity contribution is -0.385. The Morgan fingerprint density at radius 2 is 1.95 bits per heavy atom. The van der Waals surface area contributed by atoms with Crippen LogP contribution in [0.25, 0.3) is 0 Å². The molecule has 0 radical (unpaired) electrons. The average Bonchev–Trinajstić information content (AvgIpc) is 2.76. The van der Waals surface area contributed by atoms with E-state index in [0.29, 0.717) is 5.75 Å². The second-order valence-corrected chi connectivity index (χ2v) is 5.41. The van der Waals surface area contributed by atoms with Crippen molar-refractivity contribution in [2.75, 3.05) is 18.6 Å². The maximum Gasteiger partial charge on any atom is 0.311 e. The van der Waals surface area contributed by atoms with Gasteiger partial charge < -0.3 is 9.64 Å². The van der Waals surface area contributed by atoms with Gasteiger partial charge in [0.1, 0.15) is 0 Å². The minimum atomic E-state index is -0.416. The van der Waals surface area contributed by atoms with E-state index in [1.807, 2.05) is 0 Å². The minimum absolute atomic E-state index is 0.00136. The number of ether oxygens (including phenoxy) is 1. The Kier molecular flexibility index (Phi) is 3.96. The summed E-state index contributed by atoms with van der Waals surface area (Å²) >= 11 is 0. The van der Waals surface area contributed by atoms with Crippen LogP contribution in [0, 0.1) is 10.1 Å². The van der Waals surface area contributed by atoms with E-state index in [9.17, 15) is 10.1 Å². The molecule has 0 atom stereocenters. The Morgan fingerprint density at radius 1 is 1.18 bits per heavy atom. The molecule has 0 aliphatic carbocycles. The maximum atomic E-state index is 11.0. The van der Waals surface area contributed by atoms with E-state index in [1.165, 1.54) is 24.3 Å². The van der Waals surface area contributed by atoms with E-state index in [0.717, 1.165) is 31.6 Å². The van der Waals surface area contributed by atoms with Gasteiger partial charge >= 0.3 is 5.69 Å². The Morgan fingerprint density at radius 3 is 2.68 bits per heavy atom.